The number of fused-ring (bicyclic) bond motifs is 2. The van der Waals surface area contributed by atoms with Gasteiger partial charge < -0.3 is 10.2 Å². The predicted molar refractivity (Wildman–Crippen MR) is 125 cm³/mol. The monoisotopic (exact) mass is 472 g/mol. The molecule has 0 bridgehead atoms. The number of rotatable bonds is 2. The van der Waals surface area contributed by atoms with Crippen molar-refractivity contribution < 1.29 is 10.2 Å². The Kier molecular flexibility index (Phi) is 4.67. The second-order valence-corrected chi connectivity index (χ2v) is 11.0. The molecule has 2 aromatic heterocycles. The van der Waals surface area contributed by atoms with Crippen LogP contribution in [0.15, 0.2) is 60.7 Å². The van der Waals surface area contributed by atoms with E-state index in [9.17, 15) is 10.2 Å². The molecule has 0 amide bonds. The number of thiophene rings is 2. The smallest absolute Gasteiger partial charge is 0.151 e. The molecule has 2 nitrogen and oxygen atoms in total. The fraction of sp³-hybridized carbons (Fsp3) is 0.167. The van der Waals surface area contributed by atoms with E-state index in [-0.39, 0.29) is 0 Å². The van der Waals surface area contributed by atoms with Crippen LogP contribution in [0.2, 0.25) is 10.0 Å². The van der Waals surface area contributed by atoms with Crippen LogP contribution in [-0.2, 0) is 11.2 Å². The molecule has 2 aromatic carbocycles. The van der Waals surface area contributed by atoms with Crippen LogP contribution < -0.4 is 0 Å². The van der Waals surface area contributed by atoms with Crippen molar-refractivity contribution in [2.24, 2.45) is 0 Å². The third kappa shape index (κ3) is 2.62. The Labute approximate surface area is 193 Å². The Morgan fingerprint density at radius 2 is 1.03 bits per heavy atom. The van der Waals surface area contributed by atoms with Crippen LogP contribution in [0.5, 0.6) is 0 Å². The Balaban J connectivity index is 1.97. The van der Waals surface area contributed by atoms with Crippen LogP contribution in [0.25, 0.3) is 0 Å². The quantitative estimate of drug-likeness (QED) is 0.344. The molecule has 0 fully saturated rings. The van der Waals surface area contributed by atoms with E-state index in [0.29, 0.717) is 32.3 Å². The van der Waals surface area contributed by atoms with Gasteiger partial charge in [-0.15, -0.1) is 22.7 Å². The lowest BCUT2D eigenvalue weighted by molar-refractivity contribution is 0.0788. The molecular weight excluding hydrogens is 455 g/mol. The van der Waals surface area contributed by atoms with Crippen molar-refractivity contribution in [2.45, 2.75) is 25.0 Å². The van der Waals surface area contributed by atoms with Gasteiger partial charge in [-0.1, -0.05) is 47.5 Å². The Morgan fingerprint density at radius 1 is 0.633 bits per heavy atom. The minimum absolute atomic E-state index is 0.401. The second-order valence-electron chi connectivity index (χ2n) is 7.57. The van der Waals surface area contributed by atoms with Crippen molar-refractivity contribution in [1.29, 1.82) is 0 Å². The number of hydrogen-bond acceptors (Lipinski definition) is 4. The summed E-state index contributed by atoms with van der Waals surface area (Å²) < 4.78 is 0. The molecule has 0 unspecified atom stereocenters. The molecule has 0 saturated carbocycles. The van der Waals surface area contributed by atoms with Crippen molar-refractivity contribution in [3.8, 4) is 0 Å². The topological polar surface area (TPSA) is 40.5 Å². The highest BCUT2D eigenvalue weighted by Crippen LogP contribution is 2.57. The molecule has 1 aliphatic rings. The zero-order chi connectivity index (χ0) is 21.3. The molecule has 152 valence electrons. The first-order chi connectivity index (χ1) is 14.3. The van der Waals surface area contributed by atoms with Crippen molar-refractivity contribution in [3.05, 3.63) is 112 Å². The van der Waals surface area contributed by atoms with Crippen molar-refractivity contribution in [3.63, 3.8) is 0 Å². The maximum atomic E-state index is 12.3. The number of benzene rings is 2. The minimum atomic E-state index is -1.52. The number of aliphatic hydroxyl groups is 2. The highest BCUT2D eigenvalue weighted by Gasteiger charge is 2.53. The lowest BCUT2D eigenvalue weighted by atomic mass is 9.66. The molecule has 0 radical (unpaired) electrons. The zero-order valence-corrected chi connectivity index (χ0v) is 19.4. The second kappa shape index (κ2) is 6.92. The highest BCUT2D eigenvalue weighted by atomic mass is 35.5. The van der Waals surface area contributed by atoms with Gasteiger partial charge >= 0.3 is 0 Å². The fourth-order valence-electron chi connectivity index (χ4n) is 4.43. The van der Waals surface area contributed by atoms with Gasteiger partial charge in [-0.05, 0) is 50.2 Å². The predicted octanol–water partition coefficient (Wildman–Crippen LogP) is 6.62. The first kappa shape index (κ1) is 20.3. The van der Waals surface area contributed by atoms with Crippen LogP contribution in [0.4, 0.5) is 0 Å². The average molecular weight is 473 g/mol. The SMILES string of the molecule is Cc1ccc([C@@]2(O)c3cccc(Cl)c3[C@@](O)(c3ccc(C)s3)c3cccc(Cl)c32)s1. The van der Waals surface area contributed by atoms with Gasteiger partial charge in [0.15, 0.2) is 11.2 Å². The van der Waals surface area contributed by atoms with Crippen LogP contribution in [0.3, 0.4) is 0 Å². The molecule has 4 aromatic rings. The van der Waals surface area contributed by atoms with E-state index in [4.69, 9.17) is 23.2 Å². The summed E-state index contributed by atoms with van der Waals surface area (Å²) in [4.78, 5) is 3.63. The van der Waals surface area contributed by atoms with Crippen molar-refractivity contribution >= 4 is 45.9 Å². The third-order valence-corrected chi connectivity index (χ3v) is 8.57. The summed E-state index contributed by atoms with van der Waals surface area (Å²) in [5, 5.41) is 25.4. The Bertz CT molecular complexity index is 1190. The van der Waals surface area contributed by atoms with Crippen molar-refractivity contribution in [1.82, 2.24) is 0 Å². The molecule has 6 heteroatoms. The molecule has 2 heterocycles. The van der Waals surface area contributed by atoms with E-state index in [0.717, 1.165) is 19.5 Å². The highest BCUT2D eigenvalue weighted by molar-refractivity contribution is 7.12. The summed E-state index contributed by atoms with van der Waals surface area (Å²) in [7, 11) is 0. The summed E-state index contributed by atoms with van der Waals surface area (Å²) in [6.07, 6.45) is 0. The molecule has 0 aliphatic heterocycles. The lowest BCUT2D eigenvalue weighted by Crippen LogP contribution is -2.44. The maximum Gasteiger partial charge on any atom is 0.151 e. The van der Waals surface area contributed by atoms with E-state index in [2.05, 4.69) is 0 Å². The Hall–Kier alpha value is -1.66. The summed E-state index contributed by atoms with van der Waals surface area (Å²) in [6, 6.07) is 18.5. The summed E-state index contributed by atoms with van der Waals surface area (Å²) in [6.45, 7) is 4.00. The summed E-state index contributed by atoms with van der Waals surface area (Å²) in [5.41, 5.74) is -0.956. The number of aryl methyl sites for hydroxylation is 2. The van der Waals surface area contributed by atoms with Gasteiger partial charge in [-0.2, -0.15) is 0 Å². The number of hydrogen-bond donors (Lipinski definition) is 2. The van der Waals surface area contributed by atoms with Crippen LogP contribution in [-0.4, -0.2) is 10.2 Å². The van der Waals surface area contributed by atoms with Gasteiger partial charge in [0, 0.05) is 51.8 Å². The van der Waals surface area contributed by atoms with Crippen LogP contribution >= 0.6 is 45.9 Å². The van der Waals surface area contributed by atoms with Crippen molar-refractivity contribution in [2.75, 3.05) is 0 Å². The molecule has 0 saturated heterocycles. The third-order valence-electron chi connectivity index (χ3n) is 5.72. The first-order valence-electron chi connectivity index (χ1n) is 9.45. The van der Waals surface area contributed by atoms with Gasteiger partial charge in [-0.25, -0.2) is 0 Å². The fourth-order valence-corrected chi connectivity index (χ4v) is 7.01. The zero-order valence-electron chi connectivity index (χ0n) is 16.2. The van der Waals surface area contributed by atoms with E-state index in [1.807, 2.05) is 50.2 Å². The lowest BCUT2D eigenvalue weighted by Gasteiger charge is -2.44. The minimum Gasteiger partial charge on any atom is -0.375 e. The van der Waals surface area contributed by atoms with Crippen LogP contribution in [0, 0.1) is 13.8 Å². The molecule has 0 spiro atoms. The van der Waals surface area contributed by atoms with E-state index in [1.165, 1.54) is 22.7 Å². The normalized spacial score (nSPS) is 22.6. The molecule has 1 aliphatic carbocycles. The largest absolute Gasteiger partial charge is 0.375 e. The van der Waals surface area contributed by atoms with E-state index in [1.54, 1.807) is 24.3 Å². The molecule has 2 N–H and O–H groups in total. The average Bonchev–Trinajstić information content (AvgIpc) is 3.35. The van der Waals surface area contributed by atoms with E-state index < -0.39 is 11.2 Å². The molecule has 30 heavy (non-hydrogen) atoms. The van der Waals surface area contributed by atoms with Gasteiger partial charge in [0.25, 0.3) is 0 Å². The Morgan fingerprint density at radius 3 is 1.37 bits per heavy atom. The standard InChI is InChI=1S/C24H18Cl2O2S2/c1-13-9-11-19(29-13)23(27)15-5-3-8-18(26)22(15)24(28,20-12-10-14(2)30-20)16-6-4-7-17(25)21(16)23/h3-12,27-28H,1-2H3/t23-,24-/m0/s1. The van der Waals surface area contributed by atoms with Crippen LogP contribution in [0.1, 0.15) is 41.8 Å². The number of halogens is 2. The van der Waals surface area contributed by atoms with E-state index >= 15 is 0 Å². The van der Waals surface area contributed by atoms with Gasteiger partial charge in [0.05, 0.1) is 0 Å². The maximum absolute atomic E-state index is 12.3. The van der Waals surface area contributed by atoms with Gasteiger partial charge in [0.1, 0.15) is 0 Å². The summed E-state index contributed by atoms with van der Waals surface area (Å²) in [5.74, 6) is 0. The molecular formula is C24H18Cl2O2S2. The first-order valence-corrected chi connectivity index (χ1v) is 11.8. The molecule has 2 atom stereocenters. The van der Waals surface area contributed by atoms with Gasteiger partial charge in [0.2, 0.25) is 0 Å². The van der Waals surface area contributed by atoms with Gasteiger partial charge in [-0.3, -0.25) is 0 Å². The molecule has 5 rings (SSSR count). The summed E-state index contributed by atoms with van der Waals surface area (Å²) >= 11 is 16.4.